The molecule has 96 valence electrons. The van der Waals surface area contributed by atoms with Crippen LogP contribution in [0.3, 0.4) is 0 Å². The Labute approximate surface area is 103 Å². The Morgan fingerprint density at radius 2 is 1.88 bits per heavy atom. The first-order valence-corrected chi connectivity index (χ1v) is 7.31. The Morgan fingerprint density at radius 1 is 1.24 bits per heavy atom. The fourth-order valence-electron chi connectivity index (χ4n) is 1.68. The molecule has 0 radical (unpaired) electrons. The molecule has 17 heavy (non-hydrogen) atoms. The van der Waals surface area contributed by atoms with Crippen LogP contribution in [-0.4, -0.2) is 27.3 Å². The van der Waals surface area contributed by atoms with E-state index in [1.165, 1.54) is 4.31 Å². The molecule has 1 aromatic carbocycles. The molecule has 0 aliphatic rings. The summed E-state index contributed by atoms with van der Waals surface area (Å²) < 4.78 is 25.4. The van der Waals surface area contributed by atoms with Crippen LogP contribution in [0.2, 0.25) is 0 Å². The molecule has 0 saturated heterocycles. The van der Waals surface area contributed by atoms with E-state index in [9.17, 15) is 8.42 Å². The van der Waals surface area contributed by atoms with Gasteiger partial charge in [0.05, 0.1) is 11.4 Å². The maximum absolute atomic E-state index is 12.0. The molecule has 1 rings (SSSR count). The Morgan fingerprint density at radius 3 is 2.35 bits per heavy atom. The number of hydrogen-bond acceptors (Lipinski definition) is 3. The molecule has 0 fully saturated rings. The summed E-state index contributed by atoms with van der Waals surface area (Å²) in [6.45, 7) is 6.36. The van der Waals surface area contributed by atoms with Crippen molar-refractivity contribution < 1.29 is 8.42 Å². The SMILES string of the molecule is CCN(c1ccc(C)c(C)c1)S(=O)(=O)CCN. The van der Waals surface area contributed by atoms with Gasteiger partial charge in [-0.15, -0.1) is 0 Å². The molecular formula is C12H20N2O2S. The second-order valence-electron chi connectivity index (χ2n) is 4.04. The molecule has 0 heterocycles. The third-order valence-corrected chi connectivity index (χ3v) is 4.67. The van der Waals surface area contributed by atoms with E-state index in [1.54, 1.807) is 0 Å². The number of anilines is 1. The number of rotatable bonds is 5. The minimum Gasteiger partial charge on any atom is -0.329 e. The van der Waals surface area contributed by atoms with Crippen molar-refractivity contribution in [3.63, 3.8) is 0 Å². The van der Waals surface area contributed by atoms with Gasteiger partial charge in [0, 0.05) is 13.1 Å². The zero-order chi connectivity index (χ0) is 13.1. The van der Waals surface area contributed by atoms with Gasteiger partial charge in [0.25, 0.3) is 0 Å². The third kappa shape index (κ3) is 3.20. The van der Waals surface area contributed by atoms with Crippen LogP contribution in [0.15, 0.2) is 18.2 Å². The summed E-state index contributed by atoms with van der Waals surface area (Å²) in [5.41, 5.74) is 8.29. The number of hydrogen-bond donors (Lipinski definition) is 1. The number of nitrogens with two attached hydrogens (primary N) is 1. The second-order valence-corrected chi connectivity index (χ2v) is 6.05. The molecule has 0 aliphatic carbocycles. The molecule has 2 N–H and O–H groups in total. The smallest absolute Gasteiger partial charge is 0.236 e. The van der Waals surface area contributed by atoms with E-state index in [2.05, 4.69) is 0 Å². The molecule has 5 heteroatoms. The van der Waals surface area contributed by atoms with E-state index < -0.39 is 10.0 Å². The lowest BCUT2D eigenvalue weighted by atomic mass is 10.1. The zero-order valence-electron chi connectivity index (χ0n) is 10.6. The Kier molecular flexibility index (Phi) is 4.54. The number of nitrogens with zero attached hydrogens (tertiary/aromatic N) is 1. The zero-order valence-corrected chi connectivity index (χ0v) is 11.4. The number of aryl methyl sites for hydroxylation is 2. The molecule has 0 aromatic heterocycles. The van der Waals surface area contributed by atoms with Crippen molar-refractivity contribution in [2.45, 2.75) is 20.8 Å². The maximum Gasteiger partial charge on any atom is 0.236 e. The topological polar surface area (TPSA) is 63.4 Å². The summed E-state index contributed by atoms with van der Waals surface area (Å²) >= 11 is 0. The fraction of sp³-hybridized carbons (Fsp3) is 0.500. The highest BCUT2D eigenvalue weighted by Crippen LogP contribution is 2.21. The summed E-state index contributed by atoms with van der Waals surface area (Å²) in [7, 11) is -3.30. The van der Waals surface area contributed by atoms with Gasteiger partial charge in [-0.05, 0) is 44.0 Å². The van der Waals surface area contributed by atoms with E-state index >= 15 is 0 Å². The van der Waals surface area contributed by atoms with Crippen LogP contribution in [0.5, 0.6) is 0 Å². The van der Waals surface area contributed by atoms with Crippen LogP contribution in [-0.2, 0) is 10.0 Å². The lowest BCUT2D eigenvalue weighted by Gasteiger charge is -2.23. The van der Waals surface area contributed by atoms with Crippen molar-refractivity contribution in [1.82, 2.24) is 0 Å². The van der Waals surface area contributed by atoms with Crippen LogP contribution >= 0.6 is 0 Å². The van der Waals surface area contributed by atoms with Crippen LogP contribution in [0.1, 0.15) is 18.1 Å². The normalized spacial score (nSPS) is 11.5. The Bertz CT molecular complexity index is 483. The summed E-state index contributed by atoms with van der Waals surface area (Å²) in [5, 5.41) is 0. The Balaban J connectivity index is 3.14. The van der Waals surface area contributed by atoms with Gasteiger partial charge in [-0.2, -0.15) is 0 Å². The van der Waals surface area contributed by atoms with Crippen molar-refractivity contribution in [1.29, 1.82) is 0 Å². The first-order chi connectivity index (χ1) is 7.92. The second kappa shape index (κ2) is 5.51. The van der Waals surface area contributed by atoms with Gasteiger partial charge in [0.1, 0.15) is 0 Å². The molecule has 0 spiro atoms. The van der Waals surface area contributed by atoms with Crippen molar-refractivity contribution >= 4 is 15.7 Å². The molecule has 1 aromatic rings. The van der Waals surface area contributed by atoms with Crippen LogP contribution in [0.4, 0.5) is 5.69 Å². The molecular weight excluding hydrogens is 236 g/mol. The Hall–Kier alpha value is -1.07. The van der Waals surface area contributed by atoms with E-state index in [1.807, 2.05) is 39.0 Å². The largest absolute Gasteiger partial charge is 0.329 e. The molecule has 0 unspecified atom stereocenters. The van der Waals surface area contributed by atoms with E-state index in [-0.39, 0.29) is 12.3 Å². The number of sulfonamides is 1. The molecule has 0 saturated carbocycles. The lowest BCUT2D eigenvalue weighted by molar-refractivity contribution is 0.591. The molecule has 0 bridgehead atoms. The predicted octanol–water partition coefficient (Wildman–Crippen LogP) is 1.42. The van der Waals surface area contributed by atoms with Crippen LogP contribution in [0, 0.1) is 13.8 Å². The number of benzene rings is 1. The highest BCUT2D eigenvalue weighted by molar-refractivity contribution is 7.92. The monoisotopic (exact) mass is 256 g/mol. The summed E-state index contributed by atoms with van der Waals surface area (Å²) in [6.07, 6.45) is 0. The van der Waals surface area contributed by atoms with Gasteiger partial charge in [0.2, 0.25) is 10.0 Å². The van der Waals surface area contributed by atoms with Crippen LogP contribution in [0.25, 0.3) is 0 Å². The standard InChI is InChI=1S/C12H20N2O2S/c1-4-14(17(15,16)8-7-13)12-6-5-10(2)11(3)9-12/h5-6,9H,4,7-8,13H2,1-3H3. The van der Waals surface area contributed by atoms with Crippen molar-refractivity contribution in [3.05, 3.63) is 29.3 Å². The third-order valence-electron chi connectivity index (χ3n) is 2.78. The summed E-state index contributed by atoms with van der Waals surface area (Å²) in [5.74, 6) is -0.0201. The average Bonchev–Trinajstić information content (AvgIpc) is 2.23. The summed E-state index contributed by atoms with van der Waals surface area (Å²) in [6, 6.07) is 5.66. The fourth-order valence-corrected chi connectivity index (χ4v) is 3.03. The quantitative estimate of drug-likeness (QED) is 0.866. The van der Waals surface area contributed by atoms with Gasteiger partial charge in [-0.1, -0.05) is 6.07 Å². The molecule has 0 amide bonds. The van der Waals surface area contributed by atoms with Gasteiger partial charge in [0.15, 0.2) is 0 Å². The average molecular weight is 256 g/mol. The van der Waals surface area contributed by atoms with Crippen molar-refractivity contribution in [2.24, 2.45) is 5.73 Å². The van der Waals surface area contributed by atoms with Gasteiger partial charge in [-0.25, -0.2) is 8.42 Å². The van der Waals surface area contributed by atoms with Crippen LogP contribution < -0.4 is 10.0 Å². The summed E-state index contributed by atoms with van der Waals surface area (Å²) in [4.78, 5) is 0. The maximum atomic E-state index is 12.0. The van der Waals surface area contributed by atoms with Crippen molar-refractivity contribution in [2.75, 3.05) is 23.1 Å². The van der Waals surface area contributed by atoms with E-state index in [0.29, 0.717) is 12.2 Å². The predicted molar refractivity (Wildman–Crippen MR) is 71.8 cm³/mol. The molecule has 0 aliphatic heterocycles. The highest BCUT2D eigenvalue weighted by Gasteiger charge is 2.20. The molecule has 0 atom stereocenters. The van der Waals surface area contributed by atoms with Crippen molar-refractivity contribution in [3.8, 4) is 0 Å². The first kappa shape index (κ1) is 14.0. The minimum absolute atomic E-state index is 0.0201. The van der Waals surface area contributed by atoms with Gasteiger partial charge < -0.3 is 5.73 Å². The lowest BCUT2D eigenvalue weighted by Crippen LogP contribution is -2.35. The van der Waals surface area contributed by atoms with Gasteiger partial charge >= 0.3 is 0 Å². The van der Waals surface area contributed by atoms with Gasteiger partial charge in [-0.3, -0.25) is 4.31 Å². The molecule has 4 nitrogen and oxygen atoms in total. The highest BCUT2D eigenvalue weighted by atomic mass is 32.2. The van der Waals surface area contributed by atoms with E-state index in [4.69, 9.17) is 5.73 Å². The van der Waals surface area contributed by atoms with E-state index in [0.717, 1.165) is 11.1 Å². The first-order valence-electron chi connectivity index (χ1n) is 5.70. The minimum atomic E-state index is -3.30.